The number of thiophene rings is 1. The minimum atomic E-state index is -2.48. The Morgan fingerprint density at radius 2 is 1.78 bits per heavy atom. The van der Waals surface area contributed by atoms with Gasteiger partial charge in [-0.3, -0.25) is 4.79 Å². The molecule has 1 unspecified atom stereocenters. The molecule has 160 valence electrons. The zero-order valence-electron chi connectivity index (χ0n) is 17.4. The summed E-state index contributed by atoms with van der Waals surface area (Å²) in [4.78, 5) is 23.7. The molecule has 1 aromatic heterocycles. The summed E-state index contributed by atoms with van der Waals surface area (Å²) in [5, 5.41) is 5.29. The maximum absolute atomic E-state index is 12.9. The number of anilines is 2. The standard InChI is InChI=1S/C25H21N2O3PS/c1-2-16-5-3-6-22(31(29)30)24(16)17-8-10-18(11-9-17)25(28)27-21-15-19(12-13-20(21)26)23-7-4-14-32-23/h3-15H,2H2,1H3,(H3-,26,27,28,29,30)/p+1. The Balaban J connectivity index is 1.61. The van der Waals surface area contributed by atoms with Crippen molar-refractivity contribution in [2.24, 2.45) is 0 Å². The van der Waals surface area contributed by atoms with Gasteiger partial charge in [-0.15, -0.1) is 11.3 Å². The molecule has 4 aromatic rings. The van der Waals surface area contributed by atoms with Gasteiger partial charge in [0.2, 0.25) is 5.30 Å². The van der Waals surface area contributed by atoms with Crippen LogP contribution in [0.15, 0.2) is 78.2 Å². The molecule has 0 bridgehead atoms. The molecule has 0 fully saturated rings. The number of nitrogens with two attached hydrogens (primary N) is 1. The first-order valence-corrected chi connectivity index (χ1v) is 12.2. The van der Waals surface area contributed by atoms with Crippen LogP contribution in [0.2, 0.25) is 0 Å². The molecule has 5 nitrogen and oxygen atoms in total. The molecule has 4 rings (SSSR count). The fourth-order valence-electron chi connectivity index (χ4n) is 3.62. The Hall–Kier alpha value is -3.31. The second-order valence-corrected chi connectivity index (χ2v) is 9.22. The molecule has 0 spiro atoms. The summed E-state index contributed by atoms with van der Waals surface area (Å²) in [7, 11) is -2.48. The zero-order chi connectivity index (χ0) is 22.7. The van der Waals surface area contributed by atoms with Crippen LogP contribution < -0.4 is 16.4 Å². The fourth-order valence-corrected chi connectivity index (χ4v) is 5.02. The largest absolute Gasteiger partial charge is 0.546 e. The van der Waals surface area contributed by atoms with E-state index in [9.17, 15) is 14.3 Å². The predicted octanol–water partition coefficient (Wildman–Crippen LogP) is 5.84. The number of nitrogen functional groups attached to an aromatic ring is 1. The van der Waals surface area contributed by atoms with E-state index in [0.29, 0.717) is 22.2 Å². The van der Waals surface area contributed by atoms with Crippen molar-refractivity contribution in [1.29, 1.82) is 0 Å². The summed E-state index contributed by atoms with van der Waals surface area (Å²) in [6.07, 6.45) is 0.731. The topological polar surface area (TPSA) is 92.4 Å². The van der Waals surface area contributed by atoms with Gasteiger partial charge in [-0.1, -0.05) is 43.3 Å². The van der Waals surface area contributed by atoms with E-state index in [-0.39, 0.29) is 5.91 Å². The zero-order valence-corrected chi connectivity index (χ0v) is 19.1. The molecule has 4 N–H and O–H groups in total. The van der Waals surface area contributed by atoms with E-state index in [2.05, 4.69) is 5.32 Å². The van der Waals surface area contributed by atoms with E-state index in [1.807, 2.05) is 42.6 Å². The van der Waals surface area contributed by atoms with Crippen molar-refractivity contribution in [2.45, 2.75) is 13.3 Å². The van der Waals surface area contributed by atoms with Gasteiger partial charge in [0.1, 0.15) is 0 Å². The van der Waals surface area contributed by atoms with E-state index in [0.717, 1.165) is 33.6 Å². The maximum Gasteiger partial charge on any atom is 0.546 e. The van der Waals surface area contributed by atoms with Crippen LogP contribution in [0.4, 0.5) is 11.4 Å². The average Bonchev–Trinajstić information content (AvgIpc) is 3.35. The minimum absolute atomic E-state index is 0.274. The molecule has 0 saturated carbocycles. The Morgan fingerprint density at radius 1 is 1.03 bits per heavy atom. The van der Waals surface area contributed by atoms with Gasteiger partial charge < -0.3 is 11.1 Å². The molecule has 3 aromatic carbocycles. The highest BCUT2D eigenvalue weighted by Crippen LogP contribution is 2.31. The van der Waals surface area contributed by atoms with Crippen LogP contribution in [0.3, 0.4) is 0 Å². The lowest BCUT2D eigenvalue weighted by molar-refractivity contribution is 0.102. The van der Waals surface area contributed by atoms with E-state index in [1.165, 1.54) is 0 Å². The number of carbonyl (C=O) groups is 1. The molecule has 0 aliphatic heterocycles. The van der Waals surface area contributed by atoms with E-state index in [1.54, 1.807) is 53.8 Å². The number of hydrogen-bond acceptors (Lipinski definition) is 4. The summed E-state index contributed by atoms with van der Waals surface area (Å²) in [6.45, 7) is 2.00. The van der Waals surface area contributed by atoms with Gasteiger partial charge in [0.25, 0.3) is 5.91 Å². The van der Waals surface area contributed by atoms with E-state index >= 15 is 0 Å². The van der Waals surface area contributed by atoms with Crippen LogP contribution in [-0.4, -0.2) is 10.8 Å². The van der Waals surface area contributed by atoms with Gasteiger partial charge in [-0.2, -0.15) is 4.89 Å². The third-order valence-corrected chi connectivity index (χ3v) is 6.96. The first-order valence-electron chi connectivity index (χ1n) is 10.1. The molecule has 7 heteroatoms. The van der Waals surface area contributed by atoms with Gasteiger partial charge >= 0.3 is 8.03 Å². The first-order chi connectivity index (χ1) is 15.5. The molecule has 1 atom stereocenters. The molecule has 0 aliphatic carbocycles. The Kier molecular flexibility index (Phi) is 6.47. The van der Waals surface area contributed by atoms with Crippen molar-refractivity contribution in [3.63, 3.8) is 0 Å². The molecule has 0 aliphatic rings. The highest BCUT2D eigenvalue weighted by atomic mass is 32.1. The van der Waals surface area contributed by atoms with Gasteiger partial charge in [0.15, 0.2) is 0 Å². The number of benzene rings is 3. The van der Waals surface area contributed by atoms with Crippen LogP contribution in [0, 0.1) is 0 Å². The second-order valence-electron chi connectivity index (χ2n) is 7.25. The van der Waals surface area contributed by atoms with Gasteiger partial charge in [0, 0.05) is 16.0 Å². The molecular formula is C25H22N2O3PS+. The summed E-state index contributed by atoms with van der Waals surface area (Å²) < 4.78 is 11.9. The van der Waals surface area contributed by atoms with Gasteiger partial charge in [-0.05, 0) is 69.5 Å². The SMILES string of the molecule is CCc1cccc([P+](=O)O)c1-c1ccc(C(=O)Nc2cc(-c3cccs3)ccc2N)cc1. The number of nitrogens with one attached hydrogen (secondary N) is 1. The molecule has 0 radical (unpaired) electrons. The third-order valence-electron chi connectivity index (χ3n) is 5.26. The lowest BCUT2D eigenvalue weighted by Crippen LogP contribution is -2.13. The molecule has 1 amide bonds. The Bertz CT molecular complexity index is 1290. The van der Waals surface area contributed by atoms with Crippen molar-refractivity contribution >= 4 is 42.0 Å². The van der Waals surface area contributed by atoms with Crippen LogP contribution in [-0.2, 0) is 11.0 Å². The first kappa shape index (κ1) is 21.9. The minimum Gasteiger partial charge on any atom is -0.397 e. The molecular weight excluding hydrogens is 439 g/mol. The van der Waals surface area contributed by atoms with Crippen LogP contribution in [0.1, 0.15) is 22.8 Å². The average molecular weight is 462 g/mol. The van der Waals surface area contributed by atoms with Gasteiger partial charge in [-0.25, -0.2) is 0 Å². The Labute approximate surface area is 191 Å². The Morgan fingerprint density at radius 3 is 2.44 bits per heavy atom. The summed E-state index contributed by atoms with van der Waals surface area (Å²) in [6, 6.07) is 22.0. The normalized spacial score (nSPS) is 11.2. The highest BCUT2D eigenvalue weighted by Gasteiger charge is 2.24. The number of aryl methyl sites for hydroxylation is 1. The van der Waals surface area contributed by atoms with Crippen molar-refractivity contribution in [3.8, 4) is 21.6 Å². The monoisotopic (exact) mass is 461 g/mol. The lowest BCUT2D eigenvalue weighted by Gasteiger charge is -2.11. The number of rotatable bonds is 6. The van der Waals surface area contributed by atoms with Gasteiger partial charge in [0.05, 0.1) is 11.4 Å². The van der Waals surface area contributed by atoms with Crippen molar-refractivity contribution < 1.29 is 14.3 Å². The maximum atomic E-state index is 12.9. The molecule has 1 heterocycles. The smallest absolute Gasteiger partial charge is 0.397 e. The summed E-state index contributed by atoms with van der Waals surface area (Å²) in [5.74, 6) is -0.274. The number of carbonyl (C=O) groups excluding carboxylic acids is 1. The second kappa shape index (κ2) is 9.45. The summed E-state index contributed by atoms with van der Waals surface area (Å²) >= 11 is 1.62. The van der Waals surface area contributed by atoms with Crippen LogP contribution >= 0.6 is 19.4 Å². The van der Waals surface area contributed by atoms with Crippen LogP contribution in [0.25, 0.3) is 21.6 Å². The van der Waals surface area contributed by atoms with Crippen LogP contribution in [0.5, 0.6) is 0 Å². The van der Waals surface area contributed by atoms with E-state index in [4.69, 9.17) is 5.73 Å². The number of amides is 1. The molecule has 0 saturated heterocycles. The summed E-state index contributed by atoms with van der Waals surface area (Å²) in [5.41, 5.74) is 11.1. The van der Waals surface area contributed by atoms with E-state index < -0.39 is 8.03 Å². The molecule has 32 heavy (non-hydrogen) atoms. The third kappa shape index (κ3) is 4.48. The van der Waals surface area contributed by atoms with Crippen molar-refractivity contribution in [3.05, 3.63) is 89.3 Å². The quantitative estimate of drug-likeness (QED) is 0.248. The highest BCUT2D eigenvalue weighted by molar-refractivity contribution is 7.47. The predicted molar refractivity (Wildman–Crippen MR) is 133 cm³/mol. The number of hydrogen-bond donors (Lipinski definition) is 3. The van der Waals surface area contributed by atoms with Crippen molar-refractivity contribution in [2.75, 3.05) is 11.1 Å². The fraction of sp³-hybridized carbons (Fsp3) is 0.0800. The van der Waals surface area contributed by atoms with Crippen molar-refractivity contribution in [1.82, 2.24) is 0 Å². The lowest BCUT2D eigenvalue weighted by atomic mass is 9.97.